The monoisotopic (exact) mass is 261 g/mol. The van der Waals surface area contributed by atoms with E-state index in [1.807, 2.05) is 0 Å². The first kappa shape index (κ1) is 14.5. The summed E-state index contributed by atoms with van der Waals surface area (Å²) in [5, 5.41) is 13.7. The highest BCUT2D eigenvalue weighted by atomic mass is 16.6. The summed E-state index contributed by atoms with van der Waals surface area (Å²) in [4.78, 5) is 23.6. The number of carbonyl (C=O) groups is 1. The van der Waals surface area contributed by atoms with Gasteiger partial charge in [-0.15, -0.1) is 5.92 Å². The lowest BCUT2D eigenvalue weighted by molar-refractivity contribution is -0.384. The van der Waals surface area contributed by atoms with Gasteiger partial charge in [0.25, 0.3) is 11.6 Å². The summed E-state index contributed by atoms with van der Waals surface area (Å²) in [6, 6.07) is 4.23. The van der Waals surface area contributed by atoms with Gasteiger partial charge in [0.15, 0.2) is 0 Å². The fourth-order valence-corrected chi connectivity index (χ4v) is 1.46. The smallest absolute Gasteiger partial charge is 0.292 e. The van der Waals surface area contributed by atoms with Crippen LogP contribution in [-0.4, -0.2) is 36.4 Å². The van der Waals surface area contributed by atoms with E-state index < -0.39 is 4.92 Å². The Balaban J connectivity index is 3.13. The molecule has 0 radical (unpaired) electrons. The molecular weight excluding hydrogens is 246 g/mol. The largest absolute Gasteiger partial charge is 0.369 e. The number of nitro benzene ring substituents is 1. The molecule has 100 valence electrons. The summed E-state index contributed by atoms with van der Waals surface area (Å²) < 4.78 is 0. The Morgan fingerprint density at radius 2 is 2.16 bits per heavy atom. The van der Waals surface area contributed by atoms with E-state index in [-0.39, 0.29) is 18.1 Å². The maximum absolute atomic E-state index is 11.8. The number of anilines is 1. The van der Waals surface area contributed by atoms with Crippen molar-refractivity contribution in [2.45, 2.75) is 6.92 Å². The minimum atomic E-state index is -0.494. The third kappa shape index (κ3) is 3.71. The Bertz CT molecular complexity index is 556. The van der Waals surface area contributed by atoms with Crippen LogP contribution in [0.15, 0.2) is 18.2 Å². The molecule has 0 bridgehead atoms. The second-order valence-corrected chi connectivity index (χ2v) is 3.97. The van der Waals surface area contributed by atoms with E-state index in [4.69, 9.17) is 0 Å². The summed E-state index contributed by atoms with van der Waals surface area (Å²) in [5.41, 5.74) is 0.608. The van der Waals surface area contributed by atoms with Crippen molar-refractivity contribution in [2.75, 3.05) is 26.0 Å². The molecule has 1 N–H and O–H groups in total. The molecule has 0 saturated carbocycles. The predicted octanol–water partition coefficient (Wildman–Crippen LogP) is 1.73. The first-order valence-electron chi connectivity index (χ1n) is 5.61. The fraction of sp³-hybridized carbons (Fsp3) is 0.308. The van der Waals surface area contributed by atoms with Crippen LogP contribution >= 0.6 is 0 Å². The lowest BCUT2D eigenvalue weighted by Gasteiger charge is -2.11. The molecule has 0 spiro atoms. The zero-order chi connectivity index (χ0) is 14.4. The quantitative estimate of drug-likeness (QED) is 0.509. The maximum atomic E-state index is 11.8. The van der Waals surface area contributed by atoms with Crippen molar-refractivity contribution in [3.8, 4) is 11.8 Å². The van der Waals surface area contributed by atoms with Crippen LogP contribution in [0.25, 0.3) is 0 Å². The maximum Gasteiger partial charge on any atom is 0.292 e. The number of nitro groups is 1. The van der Waals surface area contributed by atoms with Crippen molar-refractivity contribution >= 4 is 17.3 Å². The van der Waals surface area contributed by atoms with Crippen molar-refractivity contribution in [1.29, 1.82) is 0 Å². The second kappa shape index (κ2) is 6.40. The van der Waals surface area contributed by atoms with Crippen LogP contribution in [0.1, 0.15) is 17.3 Å². The average molecular weight is 261 g/mol. The molecule has 0 fully saturated rings. The number of amides is 1. The van der Waals surface area contributed by atoms with Gasteiger partial charge in [0.1, 0.15) is 5.69 Å². The minimum absolute atomic E-state index is 0.0757. The molecule has 6 nitrogen and oxygen atoms in total. The summed E-state index contributed by atoms with van der Waals surface area (Å²) in [5.74, 6) is 5.23. The number of hydrogen-bond donors (Lipinski definition) is 1. The van der Waals surface area contributed by atoms with E-state index in [0.717, 1.165) is 0 Å². The lowest BCUT2D eigenvalue weighted by Crippen LogP contribution is -2.21. The predicted molar refractivity (Wildman–Crippen MR) is 73.1 cm³/mol. The third-order valence-electron chi connectivity index (χ3n) is 2.39. The Morgan fingerprint density at radius 3 is 2.68 bits per heavy atom. The normalized spacial score (nSPS) is 9.21. The van der Waals surface area contributed by atoms with E-state index in [1.165, 1.54) is 23.1 Å². The number of benzene rings is 1. The number of hydrogen-bond acceptors (Lipinski definition) is 4. The topological polar surface area (TPSA) is 75.5 Å². The highest BCUT2D eigenvalue weighted by Crippen LogP contribution is 2.25. The summed E-state index contributed by atoms with van der Waals surface area (Å²) in [7, 11) is 3.25. The molecule has 1 aromatic rings. The Morgan fingerprint density at radius 1 is 1.47 bits per heavy atom. The molecule has 0 atom stereocenters. The van der Waals surface area contributed by atoms with E-state index in [1.54, 1.807) is 21.0 Å². The van der Waals surface area contributed by atoms with Gasteiger partial charge in [-0.1, -0.05) is 5.92 Å². The standard InChI is InChI=1S/C13H15N3O3/c1-4-5-8-14-11-9-10(13(17)15(2)3)6-7-12(11)16(18)19/h6-7,9,14H,8H2,1-3H3. The Kier molecular flexibility index (Phi) is 4.89. The second-order valence-electron chi connectivity index (χ2n) is 3.97. The zero-order valence-electron chi connectivity index (χ0n) is 11.1. The molecule has 19 heavy (non-hydrogen) atoms. The summed E-state index contributed by atoms with van der Waals surface area (Å²) in [6.07, 6.45) is 0. The van der Waals surface area contributed by atoms with Gasteiger partial charge < -0.3 is 10.2 Å². The number of nitrogens with one attached hydrogen (secondary N) is 1. The molecular formula is C13H15N3O3. The minimum Gasteiger partial charge on any atom is -0.369 e. The van der Waals surface area contributed by atoms with Gasteiger partial charge >= 0.3 is 0 Å². The fourth-order valence-electron chi connectivity index (χ4n) is 1.46. The van der Waals surface area contributed by atoms with Gasteiger partial charge in [-0.25, -0.2) is 0 Å². The Hall–Kier alpha value is -2.55. The molecule has 0 unspecified atom stereocenters. The van der Waals surface area contributed by atoms with Crippen molar-refractivity contribution in [2.24, 2.45) is 0 Å². The molecule has 0 aliphatic rings. The lowest BCUT2D eigenvalue weighted by atomic mass is 10.1. The van der Waals surface area contributed by atoms with Crippen LogP contribution in [0, 0.1) is 22.0 Å². The average Bonchev–Trinajstić information content (AvgIpc) is 2.37. The Labute approximate surface area is 111 Å². The molecule has 6 heteroatoms. The molecule has 0 aliphatic heterocycles. The van der Waals surface area contributed by atoms with Crippen LogP contribution < -0.4 is 5.32 Å². The molecule has 0 aromatic heterocycles. The van der Waals surface area contributed by atoms with Crippen molar-refractivity contribution < 1.29 is 9.72 Å². The highest BCUT2D eigenvalue weighted by Gasteiger charge is 2.17. The van der Waals surface area contributed by atoms with Gasteiger partial charge in [0, 0.05) is 25.7 Å². The number of nitrogens with zero attached hydrogens (tertiary/aromatic N) is 2. The van der Waals surface area contributed by atoms with Gasteiger partial charge in [-0.2, -0.15) is 0 Å². The summed E-state index contributed by atoms with van der Waals surface area (Å²) >= 11 is 0. The molecule has 0 aliphatic carbocycles. The molecule has 1 rings (SSSR count). The first-order chi connectivity index (χ1) is 8.97. The van der Waals surface area contributed by atoms with Gasteiger partial charge in [-0.3, -0.25) is 14.9 Å². The van der Waals surface area contributed by atoms with Crippen molar-refractivity contribution in [3.05, 3.63) is 33.9 Å². The van der Waals surface area contributed by atoms with Crippen molar-refractivity contribution in [3.63, 3.8) is 0 Å². The van der Waals surface area contributed by atoms with Crippen LogP contribution in [0.3, 0.4) is 0 Å². The first-order valence-corrected chi connectivity index (χ1v) is 5.61. The van der Waals surface area contributed by atoms with E-state index in [0.29, 0.717) is 11.3 Å². The third-order valence-corrected chi connectivity index (χ3v) is 2.39. The van der Waals surface area contributed by atoms with Crippen LogP contribution in [-0.2, 0) is 0 Å². The van der Waals surface area contributed by atoms with Gasteiger partial charge in [0.05, 0.1) is 11.5 Å². The molecule has 1 amide bonds. The molecule has 0 heterocycles. The zero-order valence-corrected chi connectivity index (χ0v) is 11.1. The number of rotatable bonds is 4. The SMILES string of the molecule is CC#CCNc1cc(C(=O)N(C)C)ccc1[N+](=O)[O-]. The van der Waals surface area contributed by atoms with E-state index in [9.17, 15) is 14.9 Å². The van der Waals surface area contributed by atoms with Crippen LogP contribution in [0.4, 0.5) is 11.4 Å². The van der Waals surface area contributed by atoms with Crippen LogP contribution in [0.2, 0.25) is 0 Å². The molecule has 0 saturated heterocycles. The molecule has 1 aromatic carbocycles. The van der Waals surface area contributed by atoms with Crippen molar-refractivity contribution in [1.82, 2.24) is 4.90 Å². The van der Waals surface area contributed by atoms with E-state index >= 15 is 0 Å². The van der Waals surface area contributed by atoms with Gasteiger partial charge in [0.2, 0.25) is 0 Å². The highest BCUT2D eigenvalue weighted by molar-refractivity contribution is 5.95. The number of carbonyl (C=O) groups excluding carboxylic acids is 1. The van der Waals surface area contributed by atoms with Gasteiger partial charge in [-0.05, 0) is 19.1 Å². The summed E-state index contributed by atoms with van der Waals surface area (Å²) in [6.45, 7) is 1.97. The van der Waals surface area contributed by atoms with E-state index in [2.05, 4.69) is 17.2 Å². The van der Waals surface area contributed by atoms with Crippen LogP contribution in [0.5, 0.6) is 0 Å².